The molecule has 186 valence electrons. The number of quaternary nitrogens is 1. The molecule has 0 heterocycles. The van der Waals surface area contributed by atoms with E-state index >= 15 is 0 Å². The van der Waals surface area contributed by atoms with Gasteiger partial charge in [0.05, 0.1) is 19.6 Å². The second kappa shape index (κ2) is 22.8. The summed E-state index contributed by atoms with van der Waals surface area (Å²) in [4.78, 5) is 12.4. The lowest BCUT2D eigenvalue weighted by molar-refractivity contribution is -0.904. The predicted molar refractivity (Wildman–Crippen MR) is 143 cm³/mol. The molecule has 0 atom stereocenters. The smallest absolute Gasteiger partial charge is 0.275 e. The van der Waals surface area contributed by atoms with Crippen LogP contribution in [0.15, 0.2) is 38.0 Å². The molecule has 3 heteroatoms. The van der Waals surface area contributed by atoms with Crippen LogP contribution < -0.4 is 5.32 Å². The molecule has 0 aliphatic heterocycles. The lowest BCUT2D eigenvalue weighted by Gasteiger charge is -2.35. The Labute approximate surface area is 201 Å². The summed E-state index contributed by atoms with van der Waals surface area (Å²) in [6.45, 7) is 17.3. The third-order valence-electron chi connectivity index (χ3n) is 6.38. The number of carbonyl (C=O) groups is 1. The van der Waals surface area contributed by atoms with Crippen LogP contribution in [-0.4, -0.2) is 43.1 Å². The van der Waals surface area contributed by atoms with E-state index in [1.807, 2.05) is 18.2 Å². The normalized spacial score (nSPS) is 11.3. The molecule has 1 amide bonds. The minimum Gasteiger partial charge on any atom is -0.351 e. The molecule has 0 fully saturated rings. The minimum absolute atomic E-state index is 0.122. The second-order valence-corrected chi connectivity index (χ2v) is 9.57. The highest BCUT2D eigenvalue weighted by molar-refractivity contribution is 5.77. The maximum atomic E-state index is 12.4. The van der Waals surface area contributed by atoms with Crippen molar-refractivity contribution < 1.29 is 9.28 Å². The standard InChI is InChI=1S/C29H54N2O/c1-5-9-10-11-12-13-14-15-16-17-18-19-20-21-22-23-24-30-29(32)28-31(25-6-2,26-7-3)27-8-4/h6-8H,2-5,9-28H2,1H3/p+1. The zero-order valence-electron chi connectivity index (χ0n) is 21.6. The van der Waals surface area contributed by atoms with E-state index in [1.54, 1.807) is 0 Å². The van der Waals surface area contributed by atoms with Crippen LogP contribution in [0.4, 0.5) is 0 Å². The molecule has 32 heavy (non-hydrogen) atoms. The number of nitrogens with one attached hydrogen (secondary N) is 1. The molecule has 0 rings (SSSR count). The molecule has 0 radical (unpaired) electrons. The van der Waals surface area contributed by atoms with Gasteiger partial charge in [0.15, 0.2) is 6.54 Å². The molecule has 0 saturated carbocycles. The molecule has 0 aromatic heterocycles. The fraction of sp³-hybridized carbons (Fsp3) is 0.759. The summed E-state index contributed by atoms with van der Waals surface area (Å²) in [7, 11) is 0. The molecule has 0 spiro atoms. The molecular formula is C29H55N2O+. The SMILES string of the molecule is C=CC[N+](CC=C)(CC=C)CC(=O)NCCCCCCCCCCCCCCCCCC. The van der Waals surface area contributed by atoms with E-state index in [2.05, 4.69) is 32.0 Å². The van der Waals surface area contributed by atoms with Crippen molar-refractivity contribution in [2.24, 2.45) is 0 Å². The van der Waals surface area contributed by atoms with Crippen molar-refractivity contribution in [3.63, 3.8) is 0 Å². The van der Waals surface area contributed by atoms with Gasteiger partial charge in [-0.25, -0.2) is 0 Å². The molecule has 0 saturated heterocycles. The molecule has 3 nitrogen and oxygen atoms in total. The first kappa shape index (κ1) is 30.6. The zero-order chi connectivity index (χ0) is 23.8. The topological polar surface area (TPSA) is 29.1 Å². The molecule has 0 aromatic carbocycles. The summed E-state index contributed by atoms with van der Waals surface area (Å²) in [6, 6.07) is 0. The van der Waals surface area contributed by atoms with E-state index in [9.17, 15) is 4.79 Å². The third-order valence-corrected chi connectivity index (χ3v) is 6.38. The van der Waals surface area contributed by atoms with Gasteiger partial charge in [0.1, 0.15) is 0 Å². The Hall–Kier alpha value is -1.35. The minimum atomic E-state index is 0.122. The lowest BCUT2D eigenvalue weighted by Crippen LogP contribution is -2.53. The van der Waals surface area contributed by atoms with Crippen LogP contribution in [0, 0.1) is 0 Å². The first-order valence-electron chi connectivity index (χ1n) is 13.6. The lowest BCUT2D eigenvalue weighted by atomic mass is 10.0. The summed E-state index contributed by atoms with van der Waals surface area (Å²) in [5.41, 5.74) is 0. The predicted octanol–water partition coefficient (Wildman–Crippen LogP) is 7.74. The van der Waals surface area contributed by atoms with Gasteiger partial charge in [-0.2, -0.15) is 0 Å². The third kappa shape index (κ3) is 18.2. The van der Waals surface area contributed by atoms with E-state index in [-0.39, 0.29) is 5.91 Å². The maximum Gasteiger partial charge on any atom is 0.275 e. The fourth-order valence-corrected chi connectivity index (χ4v) is 4.50. The summed E-state index contributed by atoms with van der Waals surface area (Å²) < 4.78 is 0.626. The van der Waals surface area contributed by atoms with Gasteiger partial charge in [-0.15, -0.1) is 0 Å². The number of carbonyl (C=O) groups excluding carboxylic acids is 1. The Morgan fingerprint density at radius 3 is 1.31 bits per heavy atom. The average molecular weight is 448 g/mol. The molecule has 0 unspecified atom stereocenters. The Morgan fingerprint density at radius 2 is 0.969 bits per heavy atom. The molecule has 0 aliphatic rings. The summed E-state index contributed by atoms with van der Waals surface area (Å²) in [5, 5.41) is 3.11. The number of rotatable bonds is 25. The van der Waals surface area contributed by atoms with Gasteiger partial charge in [-0.05, 0) is 24.6 Å². The Morgan fingerprint density at radius 1 is 0.625 bits per heavy atom. The largest absolute Gasteiger partial charge is 0.351 e. The molecule has 0 aromatic rings. The zero-order valence-corrected chi connectivity index (χ0v) is 21.6. The van der Waals surface area contributed by atoms with Gasteiger partial charge in [-0.3, -0.25) is 4.79 Å². The fourth-order valence-electron chi connectivity index (χ4n) is 4.50. The van der Waals surface area contributed by atoms with Crippen LogP contribution in [0.5, 0.6) is 0 Å². The molecule has 0 aliphatic carbocycles. The first-order chi connectivity index (χ1) is 15.6. The van der Waals surface area contributed by atoms with Crippen LogP contribution in [0.3, 0.4) is 0 Å². The van der Waals surface area contributed by atoms with E-state index in [0.29, 0.717) is 11.0 Å². The van der Waals surface area contributed by atoms with Crippen LogP contribution in [0.2, 0.25) is 0 Å². The van der Waals surface area contributed by atoms with Crippen LogP contribution >= 0.6 is 0 Å². The molecule has 0 bridgehead atoms. The van der Waals surface area contributed by atoms with E-state index in [4.69, 9.17) is 0 Å². The summed E-state index contributed by atoms with van der Waals surface area (Å²) in [5.74, 6) is 0.122. The second-order valence-electron chi connectivity index (χ2n) is 9.57. The molecular weight excluding hydrogens is 392 g/mol. The maximum absolute atomic E-state index is 12.4. The van der Waals surface area contributed by atoms with Crippen molar-refractivity contribution in [3.8, 4) is 0 Å². The van der Waals surface area contributed by atoms with E-state index in [1.165, 1.54) is 96.3 Å². The van der Waals surface area contributed by atoms with Crippen molar-refractivity contribution in [2.45, 2.75) is 110 Å². The number of hydrogen-bond donors (Lipinski definition) is 1. The van der Waals surface area contributed by atoms with Crippen molar-refractivity contribution in [1.82, 2.24) is 5.32 Å². The van der Waals surface area contributed by atoms with Gasteiger partial charge in [-0.1, -0.05) is 123 Å². The average Bonchev–Trinajstić information content (AvgIpc) is 2.76. The number of nitrogens with zero attached hydrogens (tertiary/aromatic N) is 1. The summed E-state index contributed by atoms with van der Waals surface area (Å²) >= 11 is 0. The summed E-state index contributed by atoms with van der Waals surface area (Å²) in [6.07, 6.45) is 27.6. The quantitative estimate of drug-likeness (QED) is 0.0865. The Kier molecular flexibility index (Phi) is 21.9. The number of amides is 1. The van der Waals surface area contributed by atoms with E-state index in [0.717, 1.165) is 32.6 Å². The van der Waals surface area contributed by atoms with Gasteiger partial charge in [0.25, 0.3) is 5.91 Å². The van der Waals surface area contributed by atoms with Crippen molar-refractivity contribution >= 4 is 5.91 Å². The molecule has 1 N–H and O–H groups in total. The van der Waals surface area contributed by atoms with Crippen molar-refractivity contribution in [2.75, 3.05) is 32.7 Å². The van der Waals surface area contributed by atoms with Gasteiger partial charge < -0.3 is 9.80 Å². The van der Waals surface area contributed by atoms with Crippen molar-refractivity contribution in [1.29, 1.82) is 0 Å². The highest BCUT2D eigenvalue weighted by Crippen LogP contribution is 2.13. The van der Waals surface area contributed by atoms with Crippen LogP contribution in [0.1, 0.15) is 110 Å². The van der Waals surface area contributed by atoms with E-state index < -0.39 is 0 Å². The van der Waals surface area contributed by atoms with Gasteiger partial charge in [0.2, 0.25) is 0 Å². The Balaban J connectivity index is 3.57. The first-order valence-corrected chi connectivity index (χ1v) is 13.6. The van der Waals surface area contributed by atoms with Crippen LogP contribution in [0.25, 0.3) is 0 Å². The number of hydrogen-bond acceptors (Lipinski definition) is 1. The highest BCUT2D eigenvalue weighted by atomic mass is 16.2. The highest BCUT2D eigenvalue weighted by Gasteiger charge is 2.26. The Bertz CT molecular complexity index is 445. The van der Waals surface area contributed by atoms with Gasteiger partial charge >= 0.3 is 0 Å². The number of unbranched alkanes of at least 4 members (excludes halogenated alkanes) is 15. The van der Waals surface area contributed by atoms with Gasteiger partial charge in [0, 0.05) is 6.54 Å². The monoisotopic (exact) mass is 447 g/mol. The van der Waals surface area contributed by atoms with Crippen molar-refractivity contribution in [3.05, 3.63) is 38.0 Å². The van der Waals surface area contributed by atoms with Crippen LogP contribution in [-0.2, 0) is 4.79 Å².